The van der Waals surface area contributed by atoms with Gasteiger partial charge in [0.15, 0.2) is 23.3 Å². The van der Waals surface area contributed by atoms with E-state index in [0.717, 1.165) is 24.3 Å². The molecule has 0 saturated heterocycles. The van der Waals surface area contributed by atoms with E-state index < -0.39 is 54.9 Å². The Bertz CT molecular complexity index is 1200. The van der Waals surface area contributed by atoms with Gasteiger partial charge in [-0.2, -0.15) is 0 Å². The third-order valence-corrected chi connectivity index (χ3v) is 5.29. The van der Waals surface area contributed by atoms with Gasteiger partial charge in [0.25, 0.3) is 0 Å². The lowest BCUT2D eigenvalue weighted by Crippen LogP contribution is -2.14. The summed E-state index contributed by atoms with van der Waals surface area (Å²) < 4.78 is 81.2. The SMILES string of the molecule is NS(=O)(=O)c1ccccc1-c1c(F)c(F)c(F)c(F)c1-c1cc(Cl)cc(Cl)c1. The molecule has 0 atom stereocenters. The Labute approximate surface area is 167 Å². The first-order valence-electron chi connectivity index (χ1n) is 7.47. The highest BCUT2D eigenvalue weighted by molar-refractivity contribution is 7.89. The number of rotatable bonds is 3. The van der Waals surface area contributed by atoms with E-state index in [1.54, 1.807) is 0 Å². The van der Waals surface area contributed by atoms with E-state index in [9.17, 15) is 26.0 Å². The molecule has 3 nitrogen and oxygen atoms in total. The molecule has 2 N–H and O–H groups in total. The molecule has 0 fully saturated rings. The molecule has 0 amide bonds. The maximum Gasteiger partial charge on any atom is 0.238 e. The lowest BCUT2D eigenvalue weighted by atomic mass is 9.93. The van der Waals surface area contributed by atoms with E-state index in [1.807, 2.05) is 0 Å². The number of sulfonamides is 1. The number of nitrogens with two attached hydrogens (primary N) is 1. The van der Waals surface area contributed by atoms with Crippen LogP contribution in [-0.2, 0) is 10.0 Å². The summed E-state index contributed by atoms with van der Waals surface area (Å²) >= 11 is 11.8. The van der Waals surface area contributed by atoms with Crippen molar-refractivity contribution in [2.24, 2.45) is 5.14 Å². The van der Waals surface area contributed by atoms with Crippen molar-refractivity contribution in [1.29, 1.82) is 0 Å². The van der Waals surface area contributed by atoms with Crippen LogP contribution in [0.2, 0.25) is 10.0 Å². The second kappa shape index (κ2) is 7.36. The summed E-state index contributed by atoms with van der Waals surface area (Å²) in [4.78, 5) is -0.603. The number of primary sulfonamides is 1. The third-order valence-electron chi connectivity index (χ3n) is 3.88. The maximum absolute atomic E-state index is 14.8. The molecule has 0 heterocycles. The van der Waals surface area contributed by atoms with Crippen molar-refractivity contribution in [3.8, 4) is 22.3 Å². The Balaban J connectivity index is 2.54. The molecule has 0 radical (unpaired) electrons. The molecular formula is C18H9Cl2F4NO2S. The Hall–Kier alpha value is -2.13. The average Bonchev–Trinajstić information content (AvgIpc) is 2.61. The van der Waals surface area contributed by atoms with E-state index in [-0.39, 0.29) is 15.6 Å². The summed E-state index contributed by atoms with van der Waals surface area (Å²) in [6.07, 6.45) is 0. The molecule has 10 heteroatoms. The van der Waals surface area contributed by atoms with Crippen molar-refractivity contribution in [3.05, 3.63) is 75.8 Å². The Morgan fingerprint density at radius 2 is 1.25 bits per heavy atom. The number of halogens is 6. The molecule has 3 rings (SSSR count). The van der Waals surface area contributed by atoms with Crippen LogP contribution in [0.25, 0.3) is 22.3 Å². The standard InChI is InChI=1S/C18H9Cl2F4NO2S/c19-9-5-8(6-10(20)7-9)13-14(16(22)18(24)17(23)15(13)21)11-3-1-2-4-12(11)28(25,26)27/h1-7H,(H2,25,26,27). The summed E-state index contributed by atoms with van der Waals surface area (Å²) in [5.41, 5.74) is -2.23. The fraction of sp³-hybridized carbons (Fsp3) is 0. The third kappa shape index (κ3) is 3.60. The van der Waals surface area contributed by atoms with Gasteiger partial charge >= 0.3 is 0 Å². The van der Waals surface area contributed by atoms with Crippen LogP contribution in [0.1, 0.15) is 0 Å². The topological polar surface area (TPSA) is 60.2 Å². The zero-order valence-electron chi connectivity index (χ0n) is 13.6. The first-order chi connectivity index (χ1) is 13.0. The summed E-state index contributed by atoms with van der Waals surface area (Å²) in [6, 6.07) is 8.28. The van der Waals surface area contributed by atoms with Gasteiger partial charge < -0.3 is 0 Å². The quantitative estimate of drug-likeness (QED) is 0.324. The molecule has 0 aliphatic rings. The highest BCUT2D eigenvalue weighted by Gasteiger charge is 2.30. The number of hydrogen-bond acceptors (Lipinski definition) is 2. The second-order valence-electron chi connectivity index (χ2n) is 5.71. The van der Waals surface area contributed by atoms with Crippen LogP contribution in [0.3, 0.4) is 0 Å². The van der Waals surface area contributed by atoms with Crippen molar-refractivity contribution in [2.45, 2.75) is 4.90 Å². The maximum atomic E-state index is 14.8. The monoisotopic (exact) mass is 449 g/mol. The minimum absolute atomic E-state index is 0.0118. The van der Waals surface area contributed by atoms with Crippen LogP contribution in [0, 0.1) is 23.3 Å². The fourth-order valence-corrected chi connectivity index (χ4v) is 4.05. The van der Waals surface area contributed by atoms with Crippen molar-refractivity contribution in [3.63, 3.8) is 0 Å². The predicted octanol–water partition coefficient (Wildman–Crippen LogP) is 5.53. The molecule has 0 bridgehead atoms. The largest absolute Gasteiger partial charge is 0.238 e. The van der Waals surface area contributed by atoms with Gasteiger partial charge in [-0.25, -0.2) is 31.1 Å². The van der Waals surface area contributed by atoms with Crippen LogP contribution < -0.4 is 5.14 Å². The van der Waals surface area contributed by atoms with Gasteiger partial charge in [-0.3, -0.25) is 0 Å². The molecule has 3 aromatic carbocycles. The Morgan fingerprint density at radius 1 is 0.750 bits per heavy atom. The average molecular weight is 450 g/mol. The Morgan fingerprint density at radius 3 is 1.79 bits per heavy atom. The lowest BCUT2D eigenvalue weighted by molar-refractivity contribution is 0.412. The molecule has 0 saturated carbocycles. The lowest BCUT2D eigenvalue weighted by Gasteiger charge is -2.17. The van der Waals surface area contributed by atoms with Gasteiger partial charge in [0, 0.05) is 26.7 Å². The fourth-order valence-electron chi connectivity index (χ4n) is 2.78. The van der Waals surface area contributed by atoms with E-state index in [4.69, 9.17) is 28.3 Å². The summed E-state index contributed by atoms with van der Waals surface area (Å²) in [7, 11) is -4.41. The zero-order valence-corrected chi connectivity index (χ0v) is 15.9. The van der Waals surface area contributed by atoms with Gasteiger partial charge in [0.1, 0.15) is 0 Å². The molecule has 3 aromatic rings. The summed E-state index contributed by atoms with van der Waals surface area (Å²) in [5, 5.41) is 5.16. The summed E-state index contributed by atoms with van der Waals surface area (Å²) in [6.45, 7) is 0. The predicted molar refractivity (Wildman–Crippen MR) is 98.5 cm³/mol. The van der Waals surface area contributed by atoms with E-state index in [2.05, 4.69) is 0 Å². The first-order valence-corrected chi connectivity index (χ1v) is 9.77. The second-order valence-corrected chi connectivity index (χ2v) is 8.11. The highest BCUT2D eigenvalue weighted by Crippen LogP contribution is 2.42. The minimum Gasteiger partial charge on any atom is -0.225 e. The van der Waals surface area contributed by atoms with Gasteiger partial charge in [-0.1, -0.05) is 41.4 Å². The molecule has 0 aromatic heterocycles. The van der Waals surface area contributed by atoms with Crippen LogP contribution in [0.4, 0.5) is 17.6 Å². The van der Waals surface area contributed by atoms with E-state index in [1.165, 1.54) is 18.2 Å². The zero-order chi connectivity index (χ0) is 20.8. The normalized spacial score (nSPS) is 11.7. The number of hydrogen-bond donors (Lipinski definition) is 1. The molecular weight excluding hydrogens is 441 g/mol. The van der Waals surface area contributed by atoms with E-state index >= 15 is 0 Å². The van der Waals surface area contributed by atoms with Crippen LogP contribution in [0.15, 0.2) is 47.4 Å². The van der Waals surface area contributed by atoms with Gasteiger partial charge in [0.2, 0.25) is 10.0 Å². The number of benzene rings is 3. The van der Waals surface area contributed by atoms with Crippen molar-refractivity contribution >= 4 is 33.2 Å². The smallest absolute Gasteiger partial charge is 0.225 e. The molecule has 0 unspecified atom stereocenters. The first kappa shape index (κ1) is 20.6. The van der Waals surface area contributed by atoms with Gasteiger partial charge in [0.05, 0.1) is 4.90 Å². The van der Waals surface area contributed by atoms with Crippen molar-refractivity contribution < 1.29 is 26.0 Å². The molecule has 28 heavy (non-hydrogen) atoms. The van der Waals surface area contributed by atoms with Crippen LogP contribution in [-0.4, -0.2) is 8.42 Å². The van der Waals surface area contributed by atoms with Gasteiger partial charge in [-0.15, -0.1) is 0 Å². The summed E-state index contributed by atoms with van der Waals surface area (Å²) in [5.74, 6) is -7.70. The Kier molecular flexibility index (Phi) is 5.42. The van der Waals surface area contributed by atoms with Crippen LogP contribution in [0.5, 0.6) is 0 Å². The minimum atomic E-state index is -4.41. The van der Waals surface area contributed by atoms with Crippen molar-refractivity contribution in [1.82, 2.24) is 0 Å². The molecule has 146 valence electrons. The van der Waals surface area contributed by atoms with Crippen LogP contribution >= 0.6 is 23.2 Å². The van der Waals surface area contributed by atoms with Gasteiger partial charge in [-0.05, 0) is 29.8 Å². The highest BCUT2D eigenvalue weighted by atomic mass is 35.5. The van der Waals surface area contributed by atoms with E-state index in [0.29, 0.717) is 0 Å². The van der Waals surface area contributed by atoms with Crippen molar-refractivity contribution in [2.75, 3.05) is 0 Å². The molecule has 0 aliphatic heterocycles. The molecule has 0 aliphatic carbocycles. The molecule has 0 spiro atoms.